The van der Waals surface area contributed by atoms with Crippen molar-refractivity contribution in [2.75, 3.05) is 26.2 Å². The van der Waals surface area contributed by atoms with Gasteiger partial charge in [-0.2, -0.15) is 4.31 Å². The molecule has 1 N–H and O–H groups in total. The summed E-state index contributed by atoms with van der Waals surface area (Å²) in [5.74, 6) is 1.66. The molecule has 1 heterocycles. The second-order valence-corrected chi connectivity index (χ2v) is 10.3. The van der Waals surface area contributed by atoms with E-state index in [4.69, 9.17) is 12.2 Å². The summed E-state index contributed by atoms with van der Waals surface area (Å²) in [5, 5.41) is 4.36. The van der Waals surface area contributed by atoms with Crippen LogP contribution in [0, 0.1) is 18.8 Å². The van der Waals surface area contributed by atoms with Gasteiger partial charge in [0, 0.05) is 32.2 Å². The molecule has 26 heavy (non-hydrogen) atoms. The summed E-state index contributed by atoms with van der Waals surface area (Å²) < 4.78 is 27.2. The van der Waals surface area contributed by atoms with Gasteiger partial charge in [-0.3, -0.25) is 0 Å². The van der Waals surface area contributed by atoms with Crippen molar-refractivity contribution in [3.8, 4) is 0 Å². The molecule has 4 rings (SSSR count). The molecular weight excluding hydrogens is 366 g/mol. The van der Waals surface area contributed by atoms with Gasteiger partial charge in [0.25, 0.3) is 0 Å². The maximum Gasteiger partial charge on any atom is 0.243 e. The number of hydrogen-bond acceptors (Lipinski definition) is 3. The second kappa shape index (κ2) is 7.09. The molecule has 3 atom stereocenters. The van der Waals surface area contributed by atoms with E-state index in [1.165, 1.54) is 25.7 Å². The molecule has 2 bridgehead atoms. The summed E-state index contributed by atoms with van der Waals surface area (Å²) in [4.78, 5) is 2.50. The summed E-state index contributed by atoms with van der Waals surface area (Å²) in [6.07, 6.45) is 5.30. The van der Waals surface area contributed by atoms with Crippen LogP contribution in [-0.4, -0.2) is 55.0 Å². The van der Waals surface area contributed by atoms with Crippen molar-refractivity contribution in [3.05, 3.63) is 29.8 Å². The van der Waals surface area contributed by atoms with Gasteiger partial charge in [0.05, 0.1) is 4.90 Å². The fraction of sp³-hybridized carbons (Fsp3) is 0.632. The quantitative estimate of drug-likeness (QED) is 0.799. The third-order valence-electron chi connectivity index (χ3n) is 6.23. The van der Waals surface area contributed by atoms with Gasteiger partial charge in [-0.1, -0.05) is 24.1 Å². The van der Waals surface area contributed by atoms with E-state index in [0.717, 1.165) is 22.5 Å². The van der Waals surface area contributed by atoms with Crippen molar-refractivity contribution in [1.29, 1.82) is 0 Å². The SMILES string of the molecule is Cc1ccc(S(=O)(=O)N2CCN(C(=S)N[C@@H]3C[C@@H]4CC[C@@H]3C4)CC2)cc1. The Morgan fingerprint density at radius 2 is 1.77 bits per heavy atom. The number of aryl methyl sites for hydroxylation is 1. The second-order valence-electron chi connectivity index (χ2n) is 7.94. The van der Waals surface area contributed by atoms with Gasteiger partial charge < -0.3 is 10.2 Å². The Morgan fingerprint density at radius 3 is 2.35 bits per heavy atom. The molecule has 0 aromatic heterocycles. The lowest BCUT2D eigenvalue weighted by atomic mass is 9.95. The molecule has 3 fully saturated rings. The third-order valence-corrected chi connectivity index (χ3v) is 8.52. The number of thiocarbonyl (C=S) groups is 1. The molecule has 3 aliphatic rings. The van der Waals surface area contributed by atoms with E-state index in [0.29, 0.717) is 37.1 Å². The average molecular weight is 394 g/mol. The van der Waals surface area contributed by atoms with Crippen molar-refractivity contribution < 1.29 is 8.42 Å². The molecule has 0 amide bonds. The van der Waals surface area contributed by atoms with E-state index in [2.05, 4.69) is 10.2 Å². The first-order valence-electron chi connectivity index (χ1n) is 9.56. The predicted octanol–water partition coefficient (Wildman–Crippen LogP) is 2.36. The maximum absolute atomic E-state index is 12.8. The number of nitrogens with one attached hydrogen (secondary N) is 1. The summed E-state index contributed by atoms with van der Waals surface area (Å²) in [6, 6.07) is 7.60. The van der Waals surface area contributed by atoms with Crippen LogP contribution in [0.2, 0.25) is 0 Å². The maximum atomic E-state index is 12.8. The predicted molar refractivity (Wildman–Crippen MR) is 106 cm³/mol. The van der Waals surface area contributed by atoms with Gasteiger partial charge in [-0.05, 0) is 62.4 Å². The standard InChI is InChI=1S/C19H27N3O2S2/c1-14-2-6-17(7-3-14)26(23,24)22-10-8-21(9-11-22)19(25)20-18-13-15-4-5-16(18)12-15/h2-3,6-7,15-16,18H,4-5,8-13H2,1H3,(H,20,25)/t15-,16-,18-/m1/s1. The van der Waals surface area contributed by atoms with Gasteiger partial charge in [-0.25, -0.2) is 8.42 Å². The van der Waals surface area contributed by atoms with E-state index in [1.807, 2.05) is 19.1 Å². The van der Waals surface area contributed by atoms with Crippen molar-refractivity contribution in [2.24, 2.45) is 11.8 Å². The van der Waals surface area contributed by atoms with E-state index < -0.39 is 10.0 Å². The Hall–Kier alpha value is -1.18. The summed E-state index contributed by atoms with van der Waals surface area (Å²) >= 11 is 5.61. The summed E-state index contributed by atoms with van der Waals surface area (Å²) in [5.41, 5.74) is 1.06. The van der Waals surface area contributed by atoms with Crippen LogP contribution in [0.4, 0.5) is 0 Å². The van der Waals surface area contributed by atoms with Crippen LogP contribution in [0.5, 0.6) is 0 Å². The molecule has 142 valence electrons. The molecule has 0 spiro atoms. The Balaban J connectivity index is 1.33. The topological polar surface area (TPSA) is 52.7 Å². The molecule has 1 aromatic rings. The van der Waals surface area contributed by atoms with Gasteiger partial charge >= 0.3 is 0 Å². The van der Waals surface area contributed by atoms with Crippen molar-refractivity contribution in [1.82, 2.24) is 14.5 Å². The number of hydrogen-bond donors (Lipinski definition) is 1. The highest BCUT2D eigenvalue weighted by molar-refractivity contribution is 7.89. The van der Waals surface area contributed by atoms with Gasteiger partial charge in [-0.15, -0.1) is 0 Å². The number of sulfonamides is 1. The first kappa shape index (κ1) is 18.2. The largest absolute Gasteiger partial charge is 0.360 e. The lowest BCUT2D eigenvalue weighted by Crippen LogP contribution is -2.54. The van der Waals surface area contributed by atoms with Gasteiger partial charge in [0.1, 0.15) is 0 Å². The van der Waals surface area contributed by atoms with Crippen LogP contribution in [-0.2, 0) is 10.0 Å². The highest BCUT2D eigenvalue weighted by Crippen LogP contribution is 2.44. The Morgan fingerprint density at radius 1 is 1.08 bits per heavy atom. The van der Waals surface area contributed by atoms with Crippen molar-refractivity contribution in [3.63, 3.8) is 0 Å². The minimum Gasteiger partial charge on any atom is -0.360 e. The van der Waals surface area contributed by atoms with Crippen LogP contribution in [0.3, 0.4) is 0 Å². The Bertz CT molecular complexity index is 770. The minimum atomic E-state index is -3.41. The summed E-state index contributed by atoms with van der Waals surface area (Å²) in [6.45, 7) is 4.22. The van der Waals surface area contributed by atoms with Crippen LogP contribution < -0.4 is 5.32 Å². The number of benzene rings is 1. The fourth-order valence-corrected chi connectivity index (χ4v) is 6.42. The van der Waals surface area contributed by atoms with Crippen LogP contribution >= 0.6 is 12.2 Å². The van der Waals surface area contributed by atoms with Crippen LogP contribution in [0.15, 0.2) is 29.2 Å². The lowest BCUT2D eigenvalue weighted by Gasteiger charge is -2.37. The molecular formula is C19H27N3O2S2. The zero-order valence-electron chi connectivity index (χ0n) is 15.2. The van der Waals surface area contributed by atoms with Crippen molar-refractivity contribution in [2.45, 2.75) is 43.5 Å². The molecule has 2 saturated carbocycles. The van der Waals surface area contributed by atoms with E-state index in [1.54, 1.807) is 16.4 Å². The van der Waals surface area contributed by atoms with Crippen LogP contribution in [0.1, 0.15) is 31.2 Å². The van der Waals surface area contributed by atoms with Crippen molar-refractivity contribution >= 4 is 27.4 Å². The zero-order chi connectivity index (χ0) is 18.3. The monoisotopic (exact) mass is 393 g/mol. The first-order valence-corrected chi connectivity index (χ1v) is 11.4. The van der Waals surface area contributed by atoms with Crippen LogP contribution in [0.25, 0.3) is 0 Å². The van der Waals surface area contributed by atoms with Gasteiger partial charge in [0.15, 0.2) is 5.11 Å². The number of rotatable bonds is 3. The number of piperazine rings is 1. The first-order chi connectivity index (χ1) is 12.4. The third kappa shape index (κ3) is 3.49. The minimum absolute atomic E-state index is 0.374. The fourth-order valence-electron chi connectivity index (χ4n) is 4.66. The Labute approximate surface area is 161 Å². The van der Waals surface area contributed by atoms with E-state index in [-0.39, 0.29) is 0 Å². The normalized spacial score (nSPS) is 29.1. The smallest absolute Gasteiger partial charge is 0.243 e. The zero-order valence-corrected chi connectivity index (χ0v) is 16.9. The van der Waals surface area contributed by atoms with Gasteiger partial charge in [0.2, 0.25) is 10.0 Å². The summed E-state index contributed by atoms with van der Waals surface area (Å²) in [7, 11) is -3.41. The Kier molecular flexibility index (Phi) is 4.96. The molecule has 1 aromatic carbocycles. The molecule has 0 unspecified atom stereocenters. The molecule has 7 heteroatoms. The molecule has 5 nitrogen and oxygen atoms in total. The number of nitrogens with zero attached hydrogens (tertiary/aromatic N) is 2. The molecule has 1 saturated heterocycles. The highest BCUT2D eigenvalue weighted by Gasteiger charge is 2.40. The molecule has 2 aliphatic carbocycles. The molecule has 1 aliphatic heterocycles. The molecule has 0 radical (unpaired) electrons. The lowest BCUT2D eigenvalue weighted by molar-refractivity contribution is 0.258. The number of fused-ring (bicyclic) bond motifs is 2. The average Bonchev–Trinajstić information content (AvgIpc) is 3.25. The highest BCUT2D eigenvalue weighted by atomic mass is 32.2. The van der Waals surface area contributed by atoms with E-state index in [9.17, 15) is 8.42 Å². The van der Waals surface area contributed by atoms with E-state index >= 15 is 0 Å².